The van der Waals surface area contributed by atoms with E-state index in [2.05, 4.69) is 5.32 Å². The van der Waals surface area contributed by atoms with Crippen molar-refractivity contribution in [2.24, 2.45) is 0 Å². The lowest BCUT2D eigenvalue weighted by molar-refractivity contribution is -0.121. The Kier molecular flexibility index (Phi) is 6.22. The molecule has 1 aliphatic carbocycles. The summed E-state index contributed by atoms with van der Waals surface area (Å²) in [5, 5.41) is 3.04. The molecule has 1 N–H and O–H groups in total. The van der Waals surface area contributed by atoms with Gasteiger partial charge in [-0.15, -0.1) is 0 Å². The van der Waals surface area contributed by atoms with Crippen LogP contribution in [0.15, 0.2) is 36.4 Å². The highest BCUT2D eigenvalue weighted by Gasteiger charge is 2.26. The molecule has 0 saturated heterocycles. The van der Waals surface area contributed by atoms with Crippen molar-refractivity contribution in [1.29, 1.82) is 0 Å². The molecule has 144 valence electrons. The van der Waals surface area contributed by atoms with Crippen LogP contribution >= 0.6 is 0 Å². The van der Waals surface area contributed by atoms with E-state index in [1.807, 2.05) is 36.4 Å². The fourth-order valence-corrected chi connectivity index (χ4v) is 3.70. The van der Waals surface area contributed by atoms with E-state index in [4.69, 9.17) is 14.2 Å². The third-order valence-corrected chi connectivity index (χ3v) is 5.15. The summed E-state index contributed by atoms with van der Waals surface area (Å²) in [5.41, 5.74) is 3.61. The van der Waals surface area contributed by atoms with Gasteiger partial charge in [-0.1, -0.05) is 12.1 Å². The van der Waals surface area contributed by atoms with E-state index in [-0.39, 0.29) is 11.8 Å². The summed E-state index contributed by atoms with van der Waals surface area (Å²) in [6, 6.07) is 12.0. The van der Waals surface area contributed by atoms with Crippen LogP contribution in [-0.4, -0.2) is 33.8 Å². The molecule has 0 fully saturated rings. The lowest BCUT2D eigenvalue weighted by atomic mass is 9.97. The molecule has 0 spiro atoms. The maximum atomic E-state index is 12.4. The van der Waals surface area contributed by atoms with Gasteiger partial charge in [0.1, 0.15) is 5.75 Å². The zero-order valence-electron chi connectivity index (χ0n) is 16.2. The SMILES string of the molecule is COc1cccc(CCNC(=O)CC2CCc3cc(OC)c(OC)cc32)c1. The Balaban J connectivity index is 1.55. The fourth-order valence-electron chi connectivity index (χ4n) is 3.70. The lowest BCUT2D eigenvalue weighted by Crippen LogP contribution is -2.26. The molecule has 1 atom stereocenters. The number of ether oxygens (including phenoxy) is 3. The van der Waals surface area contributed by atoms with E-state index in [1.54, 1.807) is 21.3 Å². The van der Waals surface area contributed by atoms with Gasteiger partial charge >= 0.3 is 0 Å². The van der Waals surface area contributed by atoms with Crippen molar-refractivity contribution < 1.29 is 19.0 Å². The molecule has 0 saturated carbocycles. The standard InChI is InChI=1S/C22H27NO4/c1-25-18-6-4-5-15(11-18)9-10-23-22(24)13-17-8-7-16-12-20(26-2)21(27-3)14-19(16)17/h4-6,11-12,14,17H,7-10,13H2,1-3H3,(H,23,24). The Hall–Kier alpha value is -2.69. The summed E-state index contributed by atoms with van der Waals surface area (Å²) >= 11 is 0. The van der Waals surface area contributed by atoms with E-state index in [9.17, 15) is 4.79 Å². The molecule has 0 aliphatic heterocycles. The first kappa shape index (κ1) is 19.1. The van der Waals surface area contributed by atoms with Gasteiger partial charge in [-0.05, 0) is 66.1 Å². The zero-order chi connectivity index (χ0) is 19.2. The lowest BCUT2D eigenvalue weighted by Gasteiger charge is -2.15. The van der Waals surface area contributed by atoms with Gasteiger partial charge in [-0.2, -0.15) is 0 Å². The van der Waals surface area contributed by atoms with E-state index >= 15 is 0 Å². The molecule has 0 heterocycles. The van der Waals surface area contributed by atoms with Crippen molar-refractivity contribution in [1.82, 2.24) is 5.32 Å². The second-order valence-electron chi connectivity index (χ2n) is 6.80. The van der Waals surface area contributed by atoms with E-state index in [0.717, 1.165) is 42.1 Å². The number of hydrogen-bond acceptors (Lipinski definition) is 4. The van der Waals surface area contributed by atoms with Gasteiger partial charge in [-0.25, -0.2) is 0 Å². The number of hydrogen-bond donors (Lipinski definition) is 1. The van der Waals surface area contributed by atoms with Crippen molar-refractivity contribution >= 4 is 5.91 Å². The van der Waals surface area contributed by atoms with Crippen LogP contribution in [0.1, 0.15) is 35.4 Å². The number of aryl methyl sites for hydroxylation is 1. The zero-order valence-corrected chi connectivity index (χ0v) is 16.2. The molecular formula is C22H27NO4. The predicted octanol–water partition coefficient (Wildman–Crippen LogP) is 3.49. The average molecular weight is 369 g/mol. The predicted molar refractivity (Wildman–Crippen MR) is 105 cm³/mol. The minimum atomic E-state index is 0.0885. The van der Waals surface area contributed by atoms with Crippen LogP contribution in [0.4, 0.5) is 0 Å². The Morgan fingerprint density at radius 3 is 2.59 bits per heavy atom. The molecule has 1 aliphatic rings. The number of carbonyl (C=O) groups excluding carboxylic acids is 1. The van der Waals surface area contributed by atoms with Crippen LogP contribution in [0.25, 0.3) is 0 Å². The highest BCUT2D eigenvalue weighted by molar-refractivity contribution is 5.77. The van der Waals surface area contributed by atoms with Crippen molar-refractivity contribution in [2.45, 2.75) is 31.6 Å². The van der Waals surface area contributed by atoms with Crippen molar-refractivity contribution in [3.05, 3.63) is 53.1 Å². The first-order valence-corrected chi connectivity index (χ1v) is 9.29. The summed E-state index contributed by atoms with van der Waals surface area (Å²) in [7, 11) is 4.94. The van der Waals surface area contributed by atoms with Crippen LogP contribution in [0.3, 0.4) is 0 Å². The molecule has 0 aromatic heterocycles. The molecule has 5 heteroatoms. The number of carbonyl (C=O) groups is 1. The second kappa shape index (κ2) is 8.80. The maximum absolute atomic E-state index is 12.4. The number of nitrogens with one attached hydrogen (secondary N) is 1. The van der Waals surface area contributed by atoms with E-state index in [1.165, 1.54) is 11.1 Å². The average Bonchev–Trinajstić information content (AvgIpc) is 3.08. The van der Waals surface area contributed by atoms with Gasteiger partial charge in [-0.3, -0.25) is 4.79 Å². The molecule has 3 rings (SSSR count). The summed E-state index contributed by atoms with van der Waals surface area (Å²) in [4.78, 5) is 12.4. The van der Waals surface area contributed by atoms with Crippen LogP contribution in [0.5, 0.6) is 17.2 Å². The molecular weight excluding hydrogens is 342 g/mol. The van der Waals surface area contributed by atoms with Gasteiger partial charge < -0.3 is 19.5 Å². The summed E-state index contributed by atoms with van der Waals surface area (Å²) in [6.45, 7) is 0.623. The number of amides is 1. The largest absolute Gasteiger partial charge is 0.497 e. The third-order valence-electron chi connectivity index (χ3n) is 5.15. The van der Waals surface area contributed by atoms with Crippen LogP contribution < -0.4 is 19.5 Å². The molecule has 0 bridgehead atoms. The number of rotatable bonds is 8. The van der Waals surface area contributed by atoms with Gasteiger partial charge in [0, 0.05) is 13.0 Å². The van der Waals surface area contributed by atoms with E-state index in [0.29, 0.717) is 13.0 Å². The molecule has 1 unspecified atom stereocenters. The smallest absolute Gasteiger partial charge is 0.220 e. The maximum Gasteiger partial charge on any atom is 0.220 e. The first-order valence-electron chi connectivity index (χ1n) is 9.29. The molecule has 5 nitrogen and oxygen atoms in total. The number of benzene rings is 2. The summed E-state index contributed by atoms with van der Waals surface area (Å²) in [5.74, 6) is 2.63. The third kappa shape index (κ3) is 4.54. The normalized spacial score (nSPS) is 15.1. The highest BCUT2D eigenvalue weighted by Crippen LogP contribution is 2.41. The van der Waals surface area contributed by atoms with Crippen LogP contribution in [0, 0.1) is 0 Å². The molecule has 0 radical (unpaired) electrons. The Labute approximate surface area is 160 Å². The first-order chi connectivity index (χ1) is 13.1. The fraction of sp³-hybridized carbons (Fsp3) is 0.409. The Bertz CT molecular complexity index is 803. The van der Waals surface area contributed by atoms with Gasteiger partial charge in [0.15, 0.2) is 11.5 Å². The summed E-state index contributed by atoms with van der Waals surface area (Å²) < 4.78 is 16.0. The molecule has 1 amide bonds. The summed E-state index contributed by atoms with van der Waals surface area (Å²) in [6.07, 6.45) is 3.24. The second-order valence-corrected chi connectivity index (χ2v) is 6.80. The van der Waals surface area contributed by atoms with Gasteiger partial charge in [0.05, 0.1) is 21.3 Å². The Morgan fingerprint density at radius 2 is 1.85 bits per heavy atom. The van der Waals surface area contributed by atoms with Crippen LogP contribution in [-0.2, 0) is 17.6 Å². The molecule has 2 aromatic carbocycles. The quantitative estimate of drug-likeness (QED) is 0.774. The molecule has 27 heavy (non-hydrogen) atoms. The molecule has 2 aromatic rings. The highest BCUT2D eigenvalue weighted by atomic mass is 16.5. The number of methoxy groups -OCH3 is 3. The van der Waals surface area contributed by atoms with Crippen LogP contribution in [0.2, 0.25) is 0 Å². The topological polar surface area (TPSA) is 56.8 Å². The monoisotopic (exact) mass is 369 g/mol. The minimum Gasteiger partial charge on any atom is -0.497 e. The minimum absolute atomic E-state index is 0.0885. The van der Waals surface area contributed by atoms with Crippen molar-refractivity contribution in [2.75, 3.05) is 27.9 Å². The van der Waals surface area contributed by atoms with Gasteiger partial charge in [0.25, 0.3) is 0 Å². The van der Waals surface area contributed by atoms with Crippen molar-refractivity contribution in [3.8, 4) is 17.2 Å². The number of fused-ring (bicyclic) bond motifs is 1. The Morgan fingerprint density at radius 1 is 1.07 bits per heavy atom. The van der Waals surface area contributed by atoms with Gasteiger partial charge in [0.2, 0.25) is 5.91 Å². The van der Waals surface area contributed by atoms with E-state index < -0.39 is 0 Å². The van der Waals surface area contributed by atoms with Crippen molar-refractivity contribution in [3.63, 3.8) is 0 Å².